The summed E-state index contributed by atoms with van der Waals surface area (Å²) in [6.07, 6.45) is 0.908. The number of fused-ring (bicyclic) bond motifs is 3. The third kappa shape index (κ3) is 4.16. The van der Waals surface area contributed by atoms with E-state index in [0.29, 0.717) is 19.4 Å². The molecule has 2 fully saturated rings. The van der Waals surface area contributed by atoms with Crippen molar-refractivity contribution in [2.24, 2.45) is 5.41 Å². The van der Waals surface area contributed by atoms with Crippen LogP contribution in [0.2, 0.25) is 0 Å². The van der Waals surface area contributed by atoms with Gasteiger partial charge < -0.3 is 24.8 Å². The number of rotatable bonds is 6. The van der Waals surface area contributed by atoms with Gasteiger partial charge in [-0.1, -0.05) is 55.0 Å². The lowest BCUT2D eigenvalue weighted by Crippen LogP contribution is -2.62. The van der Waals surface area contributed by atoms with Crippen LogP contribution in [0.4, 0.5) is 4.79 Å². The monoisotopic (exact) mass is 478 g/mol. The number of alkyl carbamates (subject to hydrolysis) is 1. The molecule has 2 aromatic rings. The molecule has 2 unspecified atom stereocenters. The highest BCUT2D eigenvalue weighted by Gasteiger charge is 2.50. The quantitative estimate of drug-likeness (QED) is 0.659. The summed E-state index contributed by atoms with van der Waals surface area (Å²) in [5, 5.41) is 12.4. The van der Waals surface area contributed by atoms with Gasteiger partial charge in [0, 0.05) is 19.0 Å². The Morgan fingerprint density at radius 3 is 2.29 bits per heavy atom. The molecule has 1 heterocycles. The van der Waals surface area contributed by atoms with Crippen molar-refractivity contribution in [2.45, 2.75) is 44.2 Å². The van der Waals surface area contributed by atoms with E-state index in [2.05, 4.69) is 29.6 Å². The summed E-state index contributed by atoms with van der Waals surface area (Å²) in [6.45, 7) is 2.52. The number of carbonyl (C=O) groups is 3. The highest BCUT2D eigenvalue weighted by atomic mass is 16.5. The van der Waals surface area contributed by atoms with Crippen molar-refractivity contribution in [3.63, 3.8) is 0 Å². The molecule has 1 saturated heterocycles. The van der Waals surface area contributed by atoms with Crippen LogP contribution < -0.4 is 5.32 Å². The Balaban J connectivity index is 1.22. The Morgan fingerprint density at radius 2 is 1.71 bits per heavy atom. The summed E-state index contributed by atoms with van der Waals surface area (Å²) in [4.78, 5) is 39.3. The van der Waals surface area contributed by atoms with Crippen molar-refractivity contribution < 1.29 is 29.0 Å². The first-order chi connectivity index (χ1) is 16.9. The Kier molecular flexibility index (Phi) is 6.23. The van der Waals surface area contributed by atoms with E-state index in [1.807, 2.05) is 24.3 Å². The van der Waals surface area contributed by atoms with Gasteiger partial charge in [0.1, 0.15) is 6.61 Å². The highest BCUT2D eigenvalue weighted by Crippen LogP contribution is 2.45. The molecule has 8 heteroatoms. The Bertz CT molecular complexity index is 1100. The van der Waals surface area contributed by atoms with E-state index in [4.69, 9.17) is 9.47 Å². The summed E-state index contributed by atoms with van der Waals surface area (Å²) in [7, 11) is 0. The molecule has 2 aromatic carbocycles. The lowest BCUT2D eigenvalue weighted by molar-refractivity contribution is -0.173. The van der Waals surface area contributed by atoms with Gasteiger partial charge in [0.2, 0.25) is 5.91 Å². The number of benzene rings is 2. The van der Waals surface area contributed by atoms with E-state index in [0.717, 1.165) is 28.7 Å². The Hall–Kier alpha value is -3.39. The maximum absolute atomic E-state index is 13.4. The van der Waals surface area contributed by atoms with E-state index in [-0.39, 0.29) is 31.5 Å². The molecule has 5 rings (SSSR count). The fraction of sp³-hybridized carbons (Fsp3) is 0.444. The fourth-order valence-corrected chi connectivity index (χ4v) is 5.65. The molecular weight excluding hydrogens is 448 g/mol. The van der Waals surface area contributed by atoms with E-state index >= 15 is 0 Å². The molecule has 35 heavy (non-hydrogen) atoms. The number of nitrogens with one attached hydrogen (secondary N) is 1. The molecule has 184 valence electrons. The number of aliphatic carboxylic acids is 1. The molecule has 8 nitrogen and oxygen atoms in total. The van der Waals surface area contributed by atoms with Crippen molar-refractivity contribution in [2.75, 3.05) is 26.3 Å². The minimum Gasteiger partial charge on any atom is -0.480 e. The molecule has 3 aliphatic rings. The molecule has 2 amide bonds. The van der Waals surface area contributed by atoms with Gasteiger partial charge in [0.15, 0.2) is 6.04 Å². The summed E-state index contributed by atoms with van der Waals surface area (Å²) in [5.74, 6) is -1.35. The van der Waals surface area contributed by atoms with Crippen LogP contribution >= 0.6 is 0 Å². The van der Waals surface area contributed by atoms with Gasteiger partial charge in [0.05, 0.1) is 18.1 Å². The number of morpholine rings is 1. The van der Waals surface area contributed by atoms with Crippen molar-refractivity contribution in [3.05, 3.63) is 59.7 Å². The van der Waals surface area contributed by atoms with Crippen LogP contribution in [0, 0.1) is 5.41 Å². The van der Waals surface area contributed by atoms with Crippen LogP contribution in [0.15, 0.2) is 48.5 Å². The molecule has 0 spiro atoms. The van der Waals surface area contributed by atoms with Gasteiger partial charge in [-0.25, -0.2) is 9.59 Å². The van der Waals surface area contributed by atoms with Gasteiger partial charge in [-0.2, -0.15) is 0 Å². The van der Waals surface area contributed by atoms with Crippen molar-refractivity contribution in [1.82, 2.24) is 10.2 Å². The Morgan fingerprint density at radius 1 is 1.09 bits per heavy atom. The van der Waals surface area contributed by atoms with E-state index < -0.39 is 29.6 Å². The third-order valence-corrected chi connectivity index (χ3v) is 7.69. The molecule has 0 aromatic heterocycles. The molecule has 0 bridgehead atoms. The van der Waals surface area contributed by atoms with Crippen LogP contribution in [-0.4, -0.2) is 66.4 Å². The molecule has 2 aliphatic carbocycles. The SMILES string of the molecule is CC1OCCN(C(=O)C2(CNC(=O)OCC3c4ccccc4-c4ccccc43)CCC2)C1C(=O)O. The second-order valence-electron chi connectivity index (χ2n) is 9.67. The highest BCUT2D eigenvalue weighted by molar-refractivity contribution is 5.89. The van der Waals surface area contributed by atoms with E-state index in [9.17, 15) is 19.5 Å². The van der Waals surface area contributed by atoms with Gasteiger partial charge in [-0.3, -0.25) is 4.79 Å². The van der Waals surface area contributed by atoms with Gasteiger partial charge >= 0.3 is 12.1 Å². The number of ether oxygens (including phenoxy) is 2. The zero-order chi connectivity index (χ0) is 24.6. The zero-order valence-corrected chi connectivity index (χ0v) is 19.7. The van der Waals surface area contributed by atoms with Crippen molar-refractivity contribution in [3.8, 4) is 11.1 Å². The third-order valence-electron chi connectivity index (χ3n) is 7.69. The van der Waals surface area contributed by atoms with E-state index in [1.165, 1.54) is 4.90 Å². The number of hydrogen-bond donors (Lipinski definition) is 2. The average molecular weight is 479 g/mol. The van der Waals surface area contributed by atoms with Gasteiger partial charge in [-0.15, -0.1) is 0 Å². The van der Waals surface area contributed by atoms with Crippen LogP contribution in [0.1, 0.15) is 43.2 Å². The first-order valence-corrected chi connectivity index (χ1v) is 12.2. The van der Waals surface area contributed by atoms with Crippen LogP contribution in [-0.2, 0) is 19.1 Å². The smallest absolute Gasteiger partial charge is 0.407 e. The second-order valence-corrected chi connectivity index (χ2v) is 9.67. The number of hydrogen-bond acceptors (Lipinski definition) is 5. The first kappa shape index (κ1) is 23.4. The maximum atomic E-state index is 13.4. The summed E-state index contributed by atoms with van der Waals surface area (Å²) >= 11 is 0. The van der Waals surface area contributed by atoms with Crippen molar-refractivity contribution in [1.29, 1.82) is 0 Å². The normalized spacial score (nSPS) is 22.5. The first-order valence-electron chi connectivity index (χ1n) is 12.2. The number of amides is 2. The number of carboxylic acid groups (broad SMARTS) is 1. The number of carbonyl (C=O) groups excluding carboxylic acids is 2. The van der Waals surface area contributed by atoms with Gasteiger partial charge in [0.25, 0.3) is 0 Å². The zero-order valence-electron chi connectivity index (χ0n) is 19.7. The van der Waals surface area contributed by atoms with Crippen LogP contribution in [0.5, 0.6) is 0 Å². The topological polar surface area (TPSA) is 105 Å². The summed E-state index contributed by atoms with van der Waals surface area (Å²) in [6, 6.07) is 15.2. The maximum Gasteiger partial charge on any atom is 0.407 e. The molecule has 2 atom stereocenters. The molecular formula is C27H30N2O6. The largest absolute Gasteiger partial charge is 0.480 e. The van der Waals surface area contributed by atoms with Gasteiger partial charge in [-0.05, 0) is 42.0 Å². The number of carboxylic acids is 1. The lowest BCUT2D eigenvalue weighted by atomic mass is 9.67. The van der Waals surface area contributed by atoms with Crippen molar-refractivity contribution >= 4 is 18.0 Å². The number of nitrogens with zero attached hydrogens (tertiary/aromatic N) is 1. The molecule has 1 aliphatic heterocycles. The standard InChI is InChI=1S/C27H30N2O6/c1-17-23(24(30)31)29(13-14-34-17)25(32)27(11-6-12-27)16-28-26(33)35-15-22-20-9-4-2-7-18(20)19-8-3-5-10-21(19)22/h2-5,7-10,17,22-23H,6,11-16H2,1H3,(H,28,33)(H,30,31). The molecule has 0 radical (unpaired) electrons. The minimum absolute atomic E-state index is 0.0430. The molecule has 2 N–H and O–H groups in total. The Labute approximate surface area is 204 Å². The summed E-state index contributed by atoms with van der Waals surface area (Å²) in [5.41, 5.74) is 3.78. The second kappa shape index (κ2) is 9.34. The predicted molar refractivity (Wildman–Crippen MR) is 128 cm³/mol. The lowest BCUT2D eigenvalue weighted by Gasteiger charge is -2.47. The van der Waals surface area contributed by atoms with Crippen LogP contribution in [0.25, 0.3) is 11.1 Å². The minimum atomic E-state index is -1.08. The average Bonchev–Trinajstić information content (AvgIpc) is 3.15. The molecule has 1 saturated carbocycles. The van der Waals surface area contributed by atoms with E-state index in [1.54, 1.807) is 6.92 Å². The van der Waals surface area contributed by atoms with Crippen LogP contribution in [0.3, 0.4) is 0 Å². The predicted octanol–water partition coefficient (Wildman–Crippen LogP) is 3.40. The fourth-order valence-electron chi connectivity index (χ4n) is 5.65. The summed E-state index contributed by atoms with van der Waals surface area (Å²) < 4.78 is 11.1.